The molecular formula is C21H15BrINO. The van der Waals surface area contributed by atoms with E-state index in [1.54, 1.807) is 0 Å². The SMILES string of the molecule is O=C1C(c2ccccc2)C(c2ccc(Br)cc2)N1c1ccc(I)cc1. The monoisotopic (exact) mass is 503 g/mol. The molecule has 1 fully saturated rings. The minimum Gasteiger partial charge on any atom is -0.303 e. The number of rotatable bonds is 3. The summed E-state index contributed by atoms with van der Waals surface area (Å²) in [5.74, 6) is 0.0157. The average molecular weight is 504 g/mol. The molecule has 4 heteroatoms. The van der Waals surface area contributed by atoms with Crippen molar-refractivity contribution in [1.29, 1.82) is 0 Å². The Balaban J connectivity index is 1.77. The molecule has 0 bridgehead atoms. The van der Waals surface area contributed by atoms with Gasteiger partial charge in [0.25, 0.3) is 0 Å². The second kappa shape index (κ2) is 6.92. The lowest BCUT2D eigenvalue weighted by Gasteiger charge is -2.47. The van der Waals surface area contributed by atoms with Crippen LogP contribution in [-0.2, 0) is 4.79 Å². The molecule has 0 radical (unpaired) electrons. The molecule has 1 aliphatic rings. The largest absolute Gasteiger partial charge is 0.303 e. The van der Waals surface area contributed by atoms with Crippen LogP contribution in [0, 0.1) is 3.57 Å². The summed E-state index contributed by atoms with van der Waals surface area (Å²) in [6.07, 6.45) is 0. The molecule has 0 spiro atoms. The summed E-state index contributed by atoms with van der Waals surface area (Å²) in [5, 5.41) is 0. The minimum absolute atomic E-state index is 0.0167. The van der Waals surface area contributed by atoms with E-state index in [1.165, 1.54) is 0 Å². The molecule has 3 aromatic rings. The first kappa shape index (κ1) is 16.8. The van der Waals surface area contributed by atoms with Crippen LogP contribution in [0.3, 0.4) is 0 Å². The minimum atomic E-state index is -0.137. The van der Waals surface area contributed by atoms with Gasteiger partial charge in [-0.2, -0.15) is 0 Å². The van der Waals surface area contributed by atoms with E-state index in [0.717, 1.165) is 24.9 Å². The van der Waals surface area contributed by atoms with Crippen LogP contribution < -0.4 is 4.90 Å². The molecule has 124 valence electrons. The highest BCUT2D eigenvalue weighted by Gasteiger charge is 2.49. The van der Waals surface area contributed by atoms with Crippen molar-refractivity contribution < 1.29 is 4.79 Å². The van der Waals surface area contributed by atoms with Crippen LogP contribution in [0.25, 0.3) is 0 Å². The Kier molecular flexibility index (Phi) is 4.65. The standard InChI is InChI=1S/C21H15BrINO/c22-16-8-6-15(7-9-16)20-19(14-4-2-1-3-5-14)21(25)24(20)18-12-10-17(23)11-13-18/h1-13,19-20H. The zero-order chi connectivity index (χ0) is 17.4. The van der Waals surface area contributed by atoms with E-state index < -0.39 is 0 Å². The number of β-lactam (4-membered cyclic amide) rings is 1. The first-order valence-corrected chi connectivity index (χ1v) is 9.91. The van der Waals surface area contributed by atoms with Gasteiger partial charge >= 0.3 is 0 Å². The van der Waals surface area contributed by atoms with Crippen LogP contribution in [0.4, 0.5) is 5.69 Å². The van der Waals surface area contributed by atoms with E-state index in [1.807, 2.05) is 71.6 Å². The van der Waals surface area contributed by atoms with Gasteiger partial charge in [-0.25, -0.2) is 0 Å². The van der Waals surface area contributed by atoms with Gasteiger partial charge < -0.3 is 4.90 Å². The predicted molar refractivity (Wildman–Crippen MR) is 113 cm³/mol. The fourth-order valence-electron chi connectivity index (χ4n) is 3.37. The highest BCUT2D eigenvalue weighted by molar-refractivity contribution is 14.1. The van der Waals surface area contributed by atoms with Crippen molar-refractivity contribution in [3.8, 4) is 0 Å². The second-order valence-electron chi connectivity index (χ2n) is 6.07. The van der Waals surface area contributed by atoms with Crippen LogP contribution in [-0.4, -0.2) is 5.91 Å². The number of carbonyl (C=O) groups excluding carboxylic acids is 1. The Labute approximate surface area is 169 Å². The summed E-state index contributed by atoms with van der Waals surface area (Å²) in [5.41, 5.74) is 3.17. The number of benzene rings is 3. The molecular weight excluding hydrogens is 489 g/mol. The van der Waals surface area contributed by atoms with E-state index in [0.29, 0.717) is 0 Å². The van der Waals surface area contributed by atoms with E-state index in [9.17, 15) is 4.79 Å². The summed E-state index contributed by atoms with van der Waals surface area (Å²) >= 11 is 5.77. The molecule has 2 nitrogen and oxygen atoms in total. The number of nitrogens with zero attached hydrogens (tertiary/aromatic N) is 1. The topological polar surface area (TPSA) is 20.3 Å². The maximum atomic E-state index is 13.0. The molecule has 2 unspecified atom stereocenters. The molecule has 4 rings (SSSR count). The van der Waals surface area contributed by atoms with Crippen molar-refractivity contribution in [3.63, 3.8) is 0 Å². The fraction of sp³-hybridized carbons (Fsp3) is 0.0952. The number of hydrogen-bond acceptors (Lipinski definition) is 1. The van der Waals surface area contributed by atoms with E-state index in [-0.39, 0.29) is 17.9 Å². The Morgan fingerprint density at radius 2 is 1.44 bits per heavy atom. The molecule has 1 amide bonds. The molecule has 0 saturated carbocycles. The zero-order valence-electron chi connectivity index (χ0n) is 13.3. The lowest BCUT2D eigenvalue weighted by molar-refractivity contribution is -0.126. The van der Waals surface area contributed by atoms with Gasteiger partial charge in [0, 0.05) is 13.7 Å². The van der Waals surface area contributed by atoms with Gasteiger partial charge in [-0.3, -0.25) is 4.79 Å². The van der Waals surface area contributed by atoms with Gasteiger partial charge in [-0.05, 0) is 70.1 Å². The Hall–Kier alpha value is -1.66. The van der Waals surface area contributed by atoms with Gasteiger partial charge in [-0.1, -0.05) is 58.4 Å². The first-order chi connectivity index (χ1) is 12.1. The van der Waals surface area contributed by atoms with Crippen molar-refractivity contribution >= 4 is 50.1 Å². The van der Waals surface area contributed by atoms with Crippen molar-refractivity contribution in [1.82, 2.24) is 0 Å². The lowest BCUT2D eigenvalue weighted by Crippen LogP contribution is -2.53. The van der Waals surface area contributed by atoms with Crippen molar-refractivity contribution in [2.24, 2.45) is 0 Å². The number of anilines is 1. The van der Waals surface area contributed by atoms with E-state index in [4.69, 9.17) is 0 Å². The number of amides is 1. The van der Waals surface area contributed by atoms with E-state index >= 15 is 0 Å². The molecule has 0 aliphatic carbocycles. The van der Waals surface area contributed by atoms with Gasteiger partial charge in [-0.15, -0.1) is 0 Å². The van der Waals surface area contributed by atoms with Crippen LogP contribution >= 0.6 is 38.5 Å². The van der Waals surface area contributed by atoms with Crippen molar-refractivity contribution in [2.75, 3.05) is 4.90 Å². The number of halogens is 2. The Morgan fingerprint density at radius 1 is 0.800 bits per heavy atom. The quantitative estimate of drug-likeness (QED) is 0.320. The number of hydrogen-bond donors (Lipinski definition) is 0. The molecule has 2 atom stereocenters. The summed E-state index contributed by atoms with van der Waals surface area (Å²) in [6.45, 7) is 0. The first-order valence-electron chi connectivity index (χ1n) is 8.04. The maximum absolute atomic E-state index is 13.0. The molecule has 0 N–H and O–H groups in total. The summed E-state index contributed by atoms with van der Waals surface area (Å²) in [6, 6.07) is 26.4. The van der Waals surface area contributed by atoms with Crippen molar-refractivity contribution in [2.45, 2.75) is 12.0 Å². The molecule has 3 aromatic carbocycles. The van der Waals surface area contributed by atoms with Crippen molar-refractivity contribution in [3.05, 3.63) is 98.0 Å². The second-order valence-corrected chi connectivity index (χ2v) is 8.23. The normalized spacial score (nSPS) is 19.6. The molecule has 0 aromatic heterocycles. The number of carbonyl (C=O) groups is 1. The van der Waals surface area contributed by atoms with Gasteiger partial charge in [0.2, 0.25) is 5.91 Å². The Bertz CT molecular complexity index is 893. The highest BCUT2D eigenvalue weighted by Crippen LogP contribution is 2.48. The highest BCUT2D eigenvalue weighted by atomic mass is 127. The van der Waals surface area contributed by atoms with Crippen LogP contribution in [0.15, 0.2) is 83.3 Å². The van der Waals surface area contributed by atoms with Crippen LogP contribution in [0.2, 0.25) is 0 Å². The fourth-order valence-corrected chi connectivity index (χ4v) is 3.99. The third-order valence-electron chi connectivity index (χ3n) is 4.57. The van der Waals surface area contributed by atoms with E-state index in [2.05, 4.69) is 50.7 Å². The van der Waals surface area contributed by atoms with Crippen LogP contribution in [0.5, 0.6) is 0 Å². The molecule has 1 saturated heterocycles. The maximum Gasteiger partial charge on any atom is 0.237 e. The third-order valence-corrected chi connectivity index (χ3v) is 5.82. The Morgan fingerprint density at radius 3 is 2.08 bits per heavy atom. The molecule has 25 heavy (non-hydrogen) atoms. The molecule has 1 aliphatic heterocycles. The van der Waals surface area contributed by atoms with Gasteiger partial charge in [0.05, 0.1) is 12.0 Å². The van der Waals surface area contributed by atoms with Gasteiger partial charge in [0.1, 0.15) is 0 Å². The smallest absolute Gasteiger partial charge is 0.237 e. The molecule has 1 heterocycles. The zero-order valence-corrected chi connectivity index (χ0v) is 17.0. The third kappa shape index (κ3) is 3.13. The lowest BCUT2D eigenvalue weighted by atomic mass is 9.77. The summed E-state index contributed by atoms with van der Waals surface area (Å²) in [7, 11) is 0. The van der Waals surface area contributed by atoms with Gasteiger partial charge in [0.15, 0.2) is 0 Å². The summed E-state index contributed by atoms with van der Waals surface area (Å²) < 4.78 is 2.20. The summed E-state index contributed by atoms with van der Waals surface area (Å²) in [4.78, 5) is 14.9. The van der Waals surface area contributed by atoms with Crippen LogP contribution in [0.1, 0.15) is 23.1 Å². The average Bonchev–Trinajstić information content (AvgIpc) is 2.63. The predicted octanol–water partition coefficient (Wildman–Crippen LogP) is 5.93.